The van der Waals surface area contributed by atoms with Crippen LogP contribution < -0.4 is 5.32 Å². The molecule has 18 heavy (non-hydrogen) atoms. The molecule has 3 heteroatoms. The molecule has 0 spiro atoms. The monoisotopic (exact) mass is 313 g/mol. The zero-order chi connectivity index (χ0) is 13.4. The fraction of sp³-hybridized carbons (Fsp3) is 0.600. The van der Waals surface area contributed by atoms with Gasteiger partial charge in [-0.25, -0.2) is 0 Å². The lowest BCUT2D eigenvalue weighted by molar-refractivity contribution is 0.0767. The second-order valence-electron chi connectivity index (χ2n) is 4.74. The predicted octanol–water partition coefficient (Wildman–Crippen LogP) is 4.30. The fourth-order valence-electron chi connectivity index (χ4n) is 1.89. The number of halogens is 1. The van der Waals surface area contributed by atoms with Crippen LogP contribution in [0.15, 0.2) is 28.7 Å². The SMILES string of the molecule is CCC(NCCCOC(C)C)c1cccc(Br)c1. The number of nitrogens with one attached hydrogen (secondary N) is 1. The molecule has 0 bridgehead atoms. The van der Waals surface area contributed by atoms with E-state index in [1.807, 2.05) is 0 Å². The minimum atomic E-state index is 0.331. The van der Waals surface area contributed by atoms with E-state index in [0.717, 1.165) is 30.5 Å². The van der Waals surface area contributed by atoms with Crippen LogP contribution in [0.25, 0.3) is 0 Å². The Balaban J connectivity index is 2.34. The number of ether oxygens (including phenoxy) is 1. The molecule has 0 saturated carbocycles. The number of hydrogen-bond donors (Lipinski definition) is 1. The van der Waals surface area contributed by atoms with Crippen molar-refractivity contribution in [2.75, 3.05) is 13.2 Å². The summed E-state index contributed by atoms with van der Waals surface area (Å²) in [5.41, 5.74) is 1.34. The third kappa shape index (κ3) is 5.98. The molecule has 1 rings (SSSR count). The Hall–Kier alpha value is -0.380. The van der Waals surface area contributed by atoms with Crippen LogP contribution >= 0.6 is 15.9 Å². The van der Waals surface area contributed by atoms with E-state index in [0.29, 0.717) is 12.1 Å². The maximum atomic E-state index is 5.53. The highest BCUT2D eigenvalue weighted by Gasteiger charge is 2.08. The van der Waals surface area contributed by atoms with Crippen molar-refractivity contribution in [3.8, 4) is 0 Å². The molecule has 0 saturated heterocycles. The van der Waals surface area contributed by atoms with Crippen LogP contribution in [0.2, 0.25) is 0 Å². The van der Waals surface area contributed by atoms with Crippen LogP contribution in [0.4, 0.5) is 0 Å². The largest absolute Gasteiger partial charge is 0.379 e. The van der Waals surface area contributed by atoms with E-state index in [1.165, 1.54) is 5.56 Å². The Bertz CT molecular complexity index is 341. The molecule has 2 nitrogen and oxygen atoms in total. The first-order valence-electron chi connectivity index (χ1n) is 6.74. The van der Waals surface area contributed by atoms with Gasteiger partial charge in [0.05, 0.1) is 6.10 Å². The summed E-state index contributed by atoms with van der Waals surface area (Å²) in [5, 5.41) is 3.59. The second kappa shape index (κ2) is 8.68. The minimum absolute atomic E-state index is 0.331. The van der Waals surface area contributed by atoms with Gasteiger partial charge in [0.15, 0.2) is 0 Å². The molecule has 0 aliphatic heterocycles. The van der Waals surface area contributed by atoms with Gasteiger partial charge in [0.2, 0.25) is 0 Å². The minimum Gasteiger partial charge on any atom is -0.379 e. The molecule has 1 N–H and O–H groups in total. The molecule has 0 aromatic heterocycles. The molecule has 0 heterocycles. The van der Waals surface area contributed by atoms with Crippen molar-refractivity contribution in [3.05, 3.63) is 34.3 Å². The van der Waals surface area contributed by atoms with Crippen molar-refractivity contribution >= 4 is 15.9 Å². The molecule has 1 unspecified atom stereocenters. The van der Waals surface area contributed by atoms with Crippen molar-refractivity contribution in [1.29, 1.82) is 0 Å². The van der Waals surface area contributed by atoms with Gasteiger partial charge in [0.25, 0.3) is 0 Å². The van der Waals surface area contributed by atoms with Gasteiger partial charge in [0.1, 0.15) is 0 Å². The Morgan fingerprint density at radius 2 is 2.11 bits per heavy atom. The van der Waals surface area contributed by atoms with E-state index in [-0.39, 0.29) is 0 Å². The Kier molecular flexibility index (Phi) is 7.56. The molecule has 0 fully saturated rings. The molecule has 0 amide bonds. The average molecular weight is 314 g/mol. The van der Waals surface area contributed by atoms with Crippen LogP contribution in [0.1, 0.15) is 45.2 Å². The predicted molar refractivity (Wildman–Crippen MR) is 80.9 cm³/mol. The molecule has 102 valence electrons. The van der Waals surface area contributed by atoms with Crippen LogP contribution in [0.3, 0.4) is 0 Å². The van der Waals surface area contributed by atoms with Crippen LogP contribution in [-0.4, -0.2) is 19.3 Å². The molecule has 0 aliphatic rings. The quantitative estimate of drug-likeness (QED) is 0.722. The summed E-state index contributed by atoms with van der Waals surface area (Å²) in [6.45, 7) is 8.19. The van der Waals surface area contributed by atoms with Gasteiger partial charge < -0.3 is 10.1 Å². The van der Waals surface area contributed by atoms with Crippen LogP contribution in [0.5, 0.6) is 0 Å². The van der Waals surface area contributed by atoms with Crippen LogP contribution in [0, 0.1) is 0 Å². The van der Waals surface area contributed by atoms with Gasteiger partial charge in [-0.1, -0.05) is 35.0 Å². The van der Waals surface area contributed by atoms with E-state index in [1.54, 1.807) is 0 Å². The van der Waals surface area contributed by atoms with Gasteiger partial charge in [-0.05, 0) is 50.9 Å². The van der Waals surface area contributed by atoms with E-state index in [4.69, 9.17) is 4.74 Å². The highest BCUT2D eigenvalue weighted by molar-refractivity contribution is 9.10. The Morgan fingerprint density at radius 3 is 2.72 bits per heavy atom. The van der Waals surface area contributed by atoms with Crippen molar-refractivity contribution in [2.24, 2.45) is 0 Å². The number of benzene rings is 1. The molecule has 1 aromatic rings. The topological polar surface area (TPSA) is 21.3 Å². The first-order chi connectivity index (χ1) is 8.63. The highest BCUT2D eigenvalue weighted by Crippen LogP contribution is 2.20. The van der Waals surface area contributed by atoms with E-state index < -0.39 is 0 Å². The molecular weight excluding hydrogens is 290 g/mol. The van der Waals surface area contributed by atoms with E-state index in [2.05, 4.69) is 66.3 Å². The summed E-state index contributed by atoms with van der Waals surface area (Å²) in [7, 11) is 0. The first kappa shape index (κ1) is 15.7. The third-order valence-electron chi connectivity index (χ3n) is 2.82. The summed E-state index contributed by atoms with van der Waals surface area (Å²) in [6.07, 6.45) is 2.49. The van der Waals surface area contributed by atoms with Crippen molar-refractivity contribution in [1.82, 2.24) is 5.32 Å². The smallest absolute Gasteiger partial charge is 0.0518 e. The van der Waals surface area contributed by atoms with Gasteiger partial charge in [-0.3, -0.25) is 0 Å². The maximum Gasteiger partial charge on any atom is 0.0518 e. The number of hydrogen-bond acceptors (Lipinski definition) is 2. The summed E-state index contributed by atoms with van der Waals surface area (Å²) in [5.74, 6) is 0. The van der Waals surface area contributed by atoms with Gasteiger partial charge in [-0.2, -0.15) is 0 Å². The van der Waals surface area contributed by atoms with Crippen molar-refractivity contribution in [3.63, 3.8) is 0 Å². The molecule has 1 atom stereocenters. The Morgan fingerprint density at radius 1 is 1.33 bits per heavy atom. The normalized spacial score (nSPS) is 12.9. The van der Waals surface area contributed by atoms with E-state index in [9.17, 15) is 0 Å². The highest BCUT2D eigenvalue weighted by atomic mass is 79.9. The second-order valence-corrected chi connectivity index (χ2v) is 5.66. The van der Waals surface area contributed by atoms with Gasteiger partial charge >= 0.3 is 0 Å². The summed E-state index contributed by atoms with van der Waals surface area (Å²) >= 11 is 3.52. The third-order valence-corrected chi connectivity index (χ3v) is 3.32. The maximum absolute atomic E-state index is 5.53. The zero-order valence-electron chi connectivity index (χ0n) is 11.6. The zero-order valence-corrected chi connectivity index (χ0v) is 13.2. The van der Waals surface area contributed by atoms with Gasteiger partial charge in [0, 0.05) is 17.1 Å². The first-order valence-corrected chi connectivity index (χ1v) is 7.53. The number of rotatable bonds is 8. The fourth-order valence-corrected chi connectivity index (χ4v) is 2.31. The van der Waals surface area contributed by atoms with Crippen molar-refractivity contribution in [2.45, 2.75) is 45.8 Å². The summed E-state index contributed by atoms with van der Waals surface area (Å²) in [6, 6.07) is 8.95. The molecule has 0 aliphatic carbocycles. The van der Waals surface area contributed by atoms with E-state index >= 15 is 0 Å². The molecule has 0 radical (unpaired) electrons. The lowest BCUT2D eigenvalue weighted by Gasteiger charge is -2.18. The van der Waals surface area contributed by atoms with Crippen LogP contribution in [-0.2, 0) is 4.74 Å². The molecular formula is C15H24BrNO. The Labute approximate surface area is 119 Å². The summed E-state index contributed by atoms with van der Waals surface area (Å²) < 4.78 is 6.68. The standard InChI is InChI=1S/C15H24BrNO/c1-4-15(13-7-5-8-14(16)11-13)17-9-6-10-18-12(2)3/h5,7-8,11-12,15,17H,4,6,9-10H2,1-3H3. The summed E-state index contributed by atoms with van der Waals surface area (Å²) in [4.78, 5) is 0. The van der Waals surface area contributed by atoms with Crippen molar-refractivity contribution < 1.29 is 4.74 Å². The average Bonchev–Trinajstić information content (AvgIpc) is 2.33. The lowest BCUT2D eigenvalue weighted by atomic mass is 10.0. The lowest BCUT2D eigenvalue weighted by Crippen LogP contribution is -2.23. The van der Waals surface area contributed by atoms with Gasteiger partial charge in [-0.15, -0.1) is 0 Å². The molecule has 1 aromatic carbocycles.